The summed E-state index contributed by atoms with van der Waals surface area (Å²) < 4.78 is 0. The number of piperazine rings is 1. The topological polar surface area (TPSA) is 28.2 Å². The van der Waals surface area contributed by atoms with Crippen molar-refractivity contribution in [1.29, 1.82) is 0 Å². The normalized spacial score (nSPS) is 22.9. The zero-order valence-electron chi connectivity index (χ0n) is 9.32. The quantitative estimate of drug-likeness (QED) is 0.795. The molecule has 3 heteroatoms. The Morgan fingerprint density at radius 3 is 3.27 bits per heavy atom. The molecule has 0 amide bonds. The van der Waals surface area contributed by atoms with Gasteiger partial charge >= 0.3 is 0 Å². The van der Waals surface area contributed by atoms with Gasteiger partial charge in [0.1, 0.15) is 0 Å². The van der Waals surface area contributed by atoms with Crippen molar-refractivity contribution in [2.45, 2.75) is 19.4 Å². The minimum absolute atomic E-state index is 0.662. The van der Waals surface area contributed by atoms with Crippen molar-refractivity contribution in [1.82, 2.24) is 15.2 Å². The summed E-state index contributed by atoms with van der Waals surface area (Å²) in [5.74, 6) is 0. The maximum Gasteiger partial charge on any atom is 0.0300 e. The molecule has 2 heterocycles. The lowest BCUT2D eigenvalue weighted by atomic mass is 10.1. The molecule has 0 bridgehead atoms. The van der Waals surface area contributed by atoms with Crippen LogP contribution in [0.4, 0.5) is 0 Å². The van der Waals surface area contributed by atoms with Crippen molar-refractivity contribution in [3.8, 4) is 0 Å². The lowest BCUT2D eigenvalue weighted by molar-refractivity contribution is 0.176. The second kappa shape index (κ2) is 5.24. The first kappa shape index (κ1) is 10.6. The van der Waals surface area contributed by atoms with Gasteiger partial charge in [0.2, 0.25) is 0 Å². The zero-order chi connectivity index (χ0) is 10.5. The highest BCUT2D eigenvalue weighted by molar-refractivity contribution is 5.08. The largest absolute Gasteiger partial charge is 0.314 e. The fourth-order valence-corrected chi connectivity index (χ4v) is 2.03. The second-order valence-electron chi connectivity index (χ2n) is 4.20. The molecule has 0 spiro atoms. The van der Waals surface area contributed by atoms with Gasteiger partial charge in [0.05, 0.1) is 0 Å². The van der Waals surface area contributed by atoms with Crippen molar-refractivity contribution in [2.24, 2.45) is 0 Å². The second-order valence-corrected chi connectivity index (χ2v) is 4.20. The smallest absolute Gasteiger partial charge is 0.0300 e. The highest BCUT2D eigenvalue weighted by Gasteiger charge is 2.16. The van der Waals surface area contributed by atoms with Gasteiger partial charge in [-0.05, 0) is 25.0 Å². The van der Waals surface area contributed by atoms with Crippen LogP contribution in [-0.2, 0) is 6.42 Å². The summed E-state index contributed by atoms with van der Waals surface area (Å²) >= 11 is 0. The molecular weight excluding hydrogens is 186 g/mol. The molecular formula is C12H19N3. The Balaban J connectivity index is 1.82. The number of pyridine rings is 1. The van der Waals surface area contributed by atoms with Crippen LogP contribution in [0.2, 0.25) is 0 Å². The van der Waals surface area contributed by atoms with Crippen molar-refractivity contribution < 1.29 is 0 Å². The first-order valence-electron chi connectivity index (χ1n) is 5.70. The van der Waals surface area contributed by atoms with Crippen LogP contribution in [0.3, 0.4) is 0 Å². The molecule has 0 saturated carbocycles. The van der Waals surface area contributed by atoms with E-state index < -0.39 is 0 Å². The number of aromatic nitrogens is 1. The molecule has 1 aromatic heterocycles. The third-order valence-corrected chi connectivity index (χ3v) is 3.05. The van der Waals surface area contributed by atoms with Crippen LogP contribution in [0.1, 0.15) is 12.5 Å². The Morgan fingerprint density at radius 2 is 2.53 bits per heavy atom. The summed E-state index contributed by atoms with van der Waals surface area (Å²) in [6, 6.07) is 4.83. The number of hydrogen-bond donors (Lipinski definition) is 1. The molecule has 0 aliphatic carbocycles. The van der Waals surface area contributed by atoms with Crippen LogP contribution in [0, 0.1) is 0 Å². The van der Waals surface area contributed by atoms with E-state index in [-0.39, 0.29) is 0 Å². The summed E-state index contributed by atoms with van der Waals surface area (Å²) in [7, 11) is 0. The van der Waals surface area contributed by atoms with E-state index in [2.05, 4.69) is 28.2 Å². The van der Waals surface area contributed by atoms with Crippen LogP contribution < -0.4 is 5.32 Å². The predicted molar refractivity (Wildman–Crippen MR) is 61.8 cm³/mol. The molecule has 15 heavy (non-hydrogen) atoms. The van der Waals surface area contributed by atoms with E-state index in [4.69, 9.17) is 0 Å². The molecule has 82 valence electrons. The molecule has 1 aromatic rings. The van der Waals surface area contributed by atoms with Crippen LogP contribution in [0.15, 0.2) is 24.5 Å². The molecule has 1 aliphatic heterocycles. The van der Waals surface area contributed by atoms with E-state index in [9.17, 15) is 0 Å². The van der Waals surface area contributed by atoms with E-state index in [0.29, 0.717) is 6.04 Å². The maximum atomic E-state index is 4.14. The highest BCUT2D eigenvalue weighted by atomic mass is 15.2. The standard InChI is InChI=1S/C12H19N3/c1-11-9-14-6-8-15(11)7-4-12-3-2-5-13-10-12/h2-3,5,10-11,14H,4,6-9H2,1H3. The summed E-state index contributed by atoms with van der Waals surface area (Å²) in [5.41, 5.74) is 1.34. The summed E-state index contributed by atoms with van der Waals surface area (Å²) in [6.45, 7) is 6.84. The average molecular weight is 205 g/mol. The molecule has 1 unspecified atom stereocenters. The lowest BCUT2D eigenvalue weighted by Crippen LogP contribution is -2.50. The first-order chi connectivity index (χ1) is 7.36. The van der Waals surface area contributed by atoms with Crippen LogP contribution in [0.5, 0.6) is 0 Å². The van der Waals surface area contributed by atoms with Gasteiger partial charge in [0.15, 0.2) is 0 Å². The zero-order valence-corrected chi connectivity index (χ0v) is 9.32. The van der Waals surface area contributed by atoms with Gasteiger partial charge in [-0.3, -0.25) is 9.88 Å². The molecule has 1 saturated heterocycles. The first-order valence-corrected chi connectivity index (χ1v) is 5.70. The maximum absolute atomic E-state index is 4.14. The molecule has 2 rings (SSSR count). The Hall–Kier alpha value is -0.930. The molecule has 1 aliphatic rings. The fourth-order valence-electron chi connectivity index (χ4n) is 2.03. The number of nitrogens with one attached hydrogen (secondary N) is 1. The van der Waals surface area contributed by atoms with E-state index in [1.165, 1.54) is 12.1 Å². The number of rotatable bonds is 3. The summed E-state index contributed by atoms with van der Waals surface area (Å²) in [4.78, 5) is 6.68. The van der Waals surface area contributed by atoms with E-state index in [0.717, 1.165) is 26.1 Å². The number of hydrogen-bond acceptors (Lipinski definition) is 3. The highest BCUT2D eigenvalue weighted by Crippen LogP contribution is 2.05. The van der Waals surface area contributed by atoms with Gasteiger partial charge in [0, 0.05) is 44.6 Å². The Bertz CT molecular complexity index is 286. The fraction of sp³-hybridized carbons (Fsp3) is 0.583. The van der Waals surface area contributed by atoms with Gasteiger partial charge in [-0.15, -0.1) is 0 Å². The van der Waals surface area contributed by atoms with Gasteiger partial charge < -0.3 is 5.32 Å². The average Bonchev–Trinajstić information content (AvgIpc) is 2.29. The van der Waals surface area contributed by atoms with Gasteiger partial charge in [0.25, 0.3) is 0 Å². The molecule has 1 fully saturated rings. The number of nitrogens with zero attached hydrogens (tertiary/aromatic N) is 2. The van der Waals surface area contributed by atoms with Crippen LogP contribution in [0.25, 0.3) is 0 Å². The Kier molecular flexibility index (Phi) is 3.69. The van der Waals surface area contributed by atoms with Crippen molar-refractivity contribution in [3.63, 3.8) is 0 Å². The van der Waals surface area contributed by atoms with E-state index >= 15 is 0 Å². The molecule has 0 aromatic carbocycles. The molecule has 3 nitrogen and oxygen atoms in total. The lowest BCUT2D eigenvalue weighted by Gasteiger charge is -2.33. The van der Waals surface area contributed by atoms with E-state index in [1.807, 2.05) is 18.5 Å². The minimum atomic E-state index is 0.662. The third kappa shape index (κ3) is 3.01. The summed E-state index contributed by atoms with van der Waals surface area (Å²) in [5, 5.41) is 3.41. The van der Waals surface area contributed by atoms with Crippen molar-refractivity contribution in [2.75, 3.05) is 26.2 Å². The molecule has 1 atom stereocenters. The molecule has 1 N–H and O–H groups in total. The Labute approximate surface area is 91.5 Å². The van der Waals surface area contributed by atoms with Crippen molar-refractivity contribution >= 4 is 0 Å². The van der Waals surface area contributed by atoms with Gasteiger partial charge in [-0.2, -0.15) is 0 Å². The minimum Gasteiger partial charge on any atom is -0.314 e. The van der Waals surface area contributed by atoms with Crippen LogP contribution >= 0.6 is 0 Å². The van der Waals surface area contributed by atoms with E-state index in [1.54, 1.807) is 0 Å². The van der Waals surface area contributed by atoms with Gasteiger partial charge in [-0.1, -0.05) is 6.07 Å². The Morgan fingerprint density at radius 1 is 1.60 bits per heavy atom. The third-order valence-electron chi connectivity index (χ3n) is 3.05. The summed E-state index contributed by atoms with van der Waals surface area (Å²) in [6.07, 6.45) is 4.90. The van der Waals surface area contributed by atoms with Crippen molar-refractivity contribution in [3.05, 3.63) is 30.1 Å². The monoisotopic (exact) mass is 205 g/mol. The molecule has 0 radical (unpaired) electrons. The SMILES string of the molecule is CC1CNCCN1CCc1cccnc1. The predicted octanol–water partition coefficient (Wildman–Crippen LogP) is 0.918. The van der Waals surface area contributed by atoms with Crippen LogP contribution in [-0.4, -0.2) is 42.1 Å². The van der Waals surface area contributed by atoms with Gasteiger partial charge in [-0.25, -0.2) is 0 Å².